The Hall–Kier alpha value is -1.13. The van der Waals surface area contributed by atoms with Crippen LogP contribution in [0, 0.1) is 28.6 Å². The Kier molecular flexibility index (Phi) is 3.15. The number of alkyl halides is 1. The van der Waals surface area contributed by atoms with E-state index in [9.17, 15) is 14.6 Å². The van der Waals surface area contributed by atoms with E-state index in [1.165, 1.54) is 0 Å². The summed E-state index contributed by atoms with van der Waals surface area (Å²) in [5.41, 5.74) is 6.73. The van der Waals surface area contributed by atoms with Crippen LogP contribution >= 0.6 is 0 Å². The Labute approximate surface area is 136 Å². The van der Waals surface area contributed by atoms with Crippen LogP contribution in [0.2, 0.25) is 0 Å². The van der Waals surface area contributed by atoms with E-state index in [2.05, 4.69) is 19.9 Å². The molecule has 0 aromatic heterocycles. The Balaban J connectivity index is 1.80. The highest BCUT2D eigenvalue weighted by Crippen LogP contribution is 2.64. The molecule has 0 aromatic carbocycles. The fourth-order valence-corrected chi connectivity index (χ4v) is 5.85. The molecule has 3 nitrogen and oxygen atoms in total. The fourth-order valence-electron chi connectivity index (χ4n) is 5.85. The highest BCUT2D eigenvalue weighted by Gasteiger charge is 2.61. The summed E-state index contributed by atoms with van der Waals surface area (Å²) in [4.78, 5) is 0. The van der Waals surface area contributed by atoms with Gasteiger partial charge in [-0.2, -0.15) is 0 Å². The molecule has 0 saturated heterocycles. The van der Waals surface area contributed by atoms with Gasteiger partial charge >= 0.3 is 0 Å². The molecule has 2 fully saturated rings. The van der Waals surface area contributed by atoms with E-state index in [1.807, 2.05) is 12.2 Å². The van der Waals surface area contributed by atoms with Gasteiger partial charge in [0.25, 0.3) is 0 Å². The zero-order valence-corrected chi connectivity index (χ0v) is 13.7. The van der Waals surface area contributed by atoms with Crippen LogP contribution in [0.5, 0.6) is 0 Å². The lowest BCUT2D eigenvalue weighted by Crippen LogP contribution is -2.52. The second-order valence-corrected chi connectivity index (χ2v) is 8.38. The normalized spacial score (nSPS) is 54.7. The predicted octanol–water partition coefficient (Wildman–Crippen LogP) is 3.02. The van der Waals surface area contributed by atoms with Crippen LogP contribution in [0.15, 0.2) is 35.6 Å². The fraction of sp³-hybridized carbons (Fsp3) is 0.684. The van der Waals surface area contributed by atoms with Crippen molar-refractivity contribution < 1.29 is 14.6 Å². The summed E-state index contributed by atoms with van der Waals surface area (Å²) >= 11 is 0. The number of fused-ring (bicyclic) bond motifs is 5. The van der Waals surface area contributed by atoms with Crippen LogP contribution < -0.4 is 5.73 Å². The largest absolute Gasteiger partial charge is 0.512 e. The predicted molar refractivity (Wildman–Crippen MR) is 87.3 cm³/mol. The molecule has 4 aliphatic rings. The Morgan fingerprint density at radius 1 is 1.30 bits per heavy atom. The number of aliphatic hydroxyl groups is 2. The summed E-state index contributed by atoms with van der Waals surface area (Å²) in [5, 5.41) is 20.6. The molecule has 4 heteroatoms. The Morgan fingerprint density at radius 3 is 2.78 bits per heavy atom. The van der Waals surface area contributed by atoms with Gasteiger partial charge in [-0.05, 0) is 54.2 Å². The molecule has 2 saturated carbocycles. The van der Waals surface area contributed by atoms with Crippen molar-refractivity contribution >= 4 is 0 Å². The molecule has 4 N–H and O–H groups in total. The molecule has 23 heavy (non-hydrogen) atoms. The number of hydrogen-bond acceptors (Lipinski definition) is 3. The summed E-state index contributed by atoms with van der Waals surface area (Å²) in [6.45, 7) is 4.27. The first-order valence-corrected chi connectivity index (χ1v) is 8.67. The lowest BCUT2D eigenvalue weighted by Gasteiger charge is -2.55. The van der Waals surface area contributed by atoms with Gasteiger partial charge in [-0.15, -0.1) is 0 Å². The Morgan fingerprint density at radius 2 is 2.04 bits per heavy atom. The van der Waals surface area contributed by atoms with Crippen LogP contribution in [0.25, 0.3) is 0 Å². The minimum atomic E-state index is -0.981. The van der Waals surface area contributed by atoms with Crippen molar-refractivity contribution in [2.75, 3.05) is 0 Å². The third-order valence-corrected chi connectivity index (χ3v) is 7.37. The summed E-state index contributed by atoms with van der Waals surface area (Å²) in [7, 11) is 0. The van der Waals surface area contributed by atoms with Crippen LogP contribution in [0.3, 0.4) is 0 Å². The van der Waals surface area contributed by atoms with Crippen molar-refractivity contribution in [3.63, 3.8) is 0 Å². The highest BCUT2D eigenvalue weighted by molar-refractivity contribution is 5.43. The second kappa shape index (κ2) is 4.70. The molecule has 0 aromatic rings. The summed E-state index contributed by atoms with van der Waals surface area (Å²) < 4.78 is 14.3. The first kappa shape index (κ1) is 15.4. The lowest BCUT2D eigenvalue weighted by molar-refractivity contribution is -0.00897. The molecule has 8 atom stereocenters. The average Bonchev–Trinajstić information content (AvgIpc) is 2.73. The molecular weight excluding hydrogens is 293 g/mol. The van der Waals surface area contributed by atoms with Gasteiger partial charge in [0.2, 0.25) is 0 Å². The van der Waals surface area contributed by atoms with Gasteiger partial charge < -0.3 is 15.9 Å². The smallest absolute Gasteiger partial charge is 0.116 e. The van der Waals surface area contributed by atoms with Crippen LogP contribution in [0.4, 0.5) is 4.39 Å². The van der Waals surface area contributed by atoms with Gasteiger partial charge in [0.1, 0.15) is 6.17 Å². The highest BCUT2D eigenvalue weighted by atomic mass is 19.1. The van der Waals surface area contributed by atoms with Crippen molar-refractivity contribution in [3.05, 3.63) is 35.6 Å². The van der Waals surface area contributed by atoms with Crippen molar-refractivity contribution in [2.24, 2.45) is 34.3 Å². The maximum atomic E-state index is 14.3. The van der Waals surface area contributed by atoms with Crippen molar-refractivity contribution in [1.82, 2.24) is 0 Å². The molecule has 0 bridgehead atoms. The van der Waals surface area contributed by atoms with Crippen LogP contribution in [-0.4, -0.2) is 28.5 Å². The zero-order valence-electron chi connectivity index (χ0n) is 13.7. The van der Waals surface area contributed by atoms with Gasteiger partial charge in [0, 0.05) is 17.4 Å². The number of hydrogen-bond donors (Lipinski definition) is 3. The van der Waals surface area contributed by atoms with E-state index in [-0.39, 0.29) is 28.6 Å². The monoisotopic (exact) mass is 319 g/mol. The molecule has 4 rings (SSSR count). The maximum absolute atomic E-state index is 14.3. The van der Waals surface area contributed by atoms with Gasteiger partial charge in [-0.25, -0.2) is 4.39 Å². The SMILES string of the molecule is C[C@]12CC[C@H]3[C@@H](C(O)=CC4=C[C@@H](O)C=C[C@@]43C)[C@@H]1C[C@@H](F)[C@@H]2N. The van der Waals surface area contributed by atoms with Gasteiger partial charge in [-0.1, -0.05) is 26.0 Å². The minimum Gasteiger partial charge on any atom is -0.512 e. The summed E-state index contributed by atoms with van der Waals surface area (Å²) in [5.74, 6) is 0.625. The number of nitrogens with two attached hydrogens (primary N) is 1. The molecule has 0 amide bonds. The van der Waals surface area contributed by atoms with Crippen molar-refractivity contribution in [2.45, 2.75) is 51.4 Å². The van der Waals surface area contributed by atoms with Crippen molar-refractivity contribution in [3.8, 4) is 0 Å². The molecule has 126 valence electrons. The second-order valence-electron chi connectivity index (χ2n) is 8.38. The number of aliphatic hydroxyl groups excluding tert-OH is 2. The summed E-state index contributed by atoms with van der Waals surface area (Å²) in [6.07, 6.45) is 8.21. The standard InChI is InChI=1S/C19H26FNO2/c1-18-5-3-11(22)7-10(18)8-15(23)16-12(18)4-6-19(2)13(16)9-14(20)17(19)21/h3,5,7-8,11-14,16-17,22-23H,4,6,9,21H2,1-2H3/t11-,12-,13-,14+,16+,17-,18-,19-/m0/s1. The molecule has 0 radical (unpaired) electrons. The minimum absolute atomic E-state index is 0.0393. The third kappa shape index (κ3) is 1.88. The Bertz CT molecular complexity index is 627. The topological polar surface area (TPSA) is 66.5 Å². The molecule has 0 heterocycles. The van der Waals surface area contributed by atoms with E-state index in [0.29, 0.717) is 12.2 Å². The first-order valence-electron chi connectivity index (χ1n) is 8.67. The summed E-state index contributed by atoms with van der Waals surface area (Å²) in [6, 6.07) is -0.435. The number of halogens is 1. The molecule has 0 unspecified atom stereocenters. The van der Waals surface area contributed by atoms with Gasteiger partial charge in [-0.3, -0.25) is 0 Å². The van der Waals surface area contributed by atoms with Gasteiger partial charge in [0.15, 0.2) is 0 Å². The number of rotatable bonds is 0. The van der Waals surface area contributed by atoms with Gasteiger partial charge in [0.05, 0.1) is 11.9 Å². The first-order chi connectivity index (χ1) is 10.8. The molecule has 0 spiro atoms. The van der Waals surface area contributed by atoms with E-state index < -0.39 is 18.3 Å². The average molecular weight is 319 g/mol. The lowest BCUT2D eigenvalue weighted by atomic mass is 9.49. The van der Waals surface area contributed by atoms with E-state index in [0.717, 1.165) is 18.4 Å². The van der Waals surface area contributed by atoms with Crippen LogP contribution in [0.1, 0.15) is 33.1 Å². The molecule has 4 aliphatic carbocycles. The van der Waals surface area contributed by atoms with E-state index in [4.69, 9.17) is 5.73 Å². The van der Waals surface area contributed by atoms with E-state index in [1.54, 1.807) is 6.08 Å². The number of allylic oxidation sites excluding steroid dienone is 4. The van der Waals surface area contributed by atoms with Crippen LogP contribution in [-0.2, 0) is 0 Å². The quantitative estimate of drug-likeness (QED) is 0.601. The molecule has 0 aliphatic heterocycles. The maximum Gasteiger partial charge on any atom is 0.116 e. The van der Waals surface area contributed by atoms with E-state index >= 15 is 0 Å². The third-order valence-electron chi connectivity index (χ3n) is 7.37. The zero-order chi connectivity index (χ0) is 16.6. The molecular formula is C19H26FNO2. The van der Waals surface area contributed by atoms with Crippen molar-refractivity contribution in [1.29, 1.82) is 0 Å².